The van der Waals surface area contributed by atoms with Crippen molar-refractivity contribution in [3.63, 3.8) is 0 Å². The maximum absolute atomic E-state index is 11.9. The molecular formula is C13H11BrClNOS. The summed E-state index contributed by atoms with van der Waals surface area (Å²) in [5.41, 5.74) is 1.66. The number of thiophene rings is 1. The van der Waals surface area contributed by atoms with E-state index in [2.05, 4.69) is 21.2 Å². The van der Waals surface area contributed by atoms with Gasteiger partial charge in [0.15, 0.2) is 0 Å². The van der Waals surface area contributed by atoms with Crippen LogP contribution in [-0.2, 0) is 11.2 Å². The summed E-state index contributed by atoms with van der Waals surface area (Å²) in [4.78, 5) is 12.9. The van der Waals surface area contributed by atoms with Gasteiger partial charge >= 0.3 is 0 Å². The van der Waals surface area contributed by atoms with Crippen LogP contribution in [0.4, 0.5) is 5.69 Å². The summed E-state index contributed by atoms with van der Waals surface area (Å²) < 4.78 is 1.03. The maximum Gasteiger partial charge on any atom is 0.229 e. The molecule has 18 heavy (non-hydrogen) atoms. The molecule has 1 aromatic carbocycles. The third-order valence-corrected chi connectivity index (χ3v) is 4.54. The Morgan fingerprint density at radius 1 is 1.39 bits per heavy atom. The van der Waals surface area contributed by atoms with E-state index in [1.165, 1.54) is 0 Å². The first-order valence-electron chi connectivity index (χ1n) is 5.35. The summed E-state index contributed by atoms with van der Waals surface area (Å²) in [6, 6.07) is 9.37. The molecule has 0 saturated heterocycles. The zero-order valence-electron chi connectivity index (χ0n) is 9.67. The van der Waals surface area contributed by atoms with E-state index in [0.717, 1.165) is 19.9 Å². The summed E-state index contributed by atoms with van der Waals surface area (Å²) in [6.07, 6.45) is 0.377. The number of halogens is 2. The number of nitrogens with one attached hydrogen (secondary N) is 1. The quantitative estimate of drug-likeness (QED) is 0.862. The van der Waals surface area contributed by atoms with Gasteiger partial charge in [-0.3, -0.25) is 4.79 Å². The van der Waals surface area contributed by atoms with E-state index in [0.29, 0.717) is 11.4 Å². The van der Waals surface area contributed by atoms with Gasteiger partial charge in [0.25, 0.3) is 0 Å². The van der Waals surface area contributed by atoms with Crippen LogP contribution >= 0.6 is 38.9 Å². The number of carbonyl (C=O) groups excluding carboxylic acids is 1. The SMILES string of the molecule is Cc1c(Cl)cccc1NC(=O)Cc1ccc(Br)s1. The van der Waals surface area contributed by atoms with Crippen LogP contribution in [0.3, 0.4) is 0 Å². The second-order valence-corrected chi connectivity index (χ2v) is 6.80. The first kappa shape index (κ1) is 13.6. The second-order valence-electron chi connectivity index (χ2n) is 3.84. The number of rotatable bonds is 3. The van der Waals surface area contributed by atoms with Crippen LogP contribution in [0, 0.1) is 6.92 Å². The molecule has 0 aliphatic rings. The molecule has 0 radical (unpaired) electrons. The average Bonchev–Trinajstić information content (AvgIpc) is 2.70. The Labute approximate surface area is 123 Å². The molecule has 0 fully saturated rings. The number of hydrogen-bond donors (Lipinski definition) is 1. The molecule has 0 aliphatic carbocycles. The minimum Gasteiger partial charge on any atom is -0.325 e. The van der Waals surface area contributed by atoms with E-state index < -0.39 is 0 Å². The Morgan fingerprint density at radius 3 is 2.83 bits per heavy atom. The van der Waals surface area contributed by atoms with Gasteiger partial charge in [-0.25, -0.2) is 0 Å². The second kappa shape index (κ2) is 5.87. The van der Waals surface area contributed by atoms with Crippen molar-refractivity contribution in [1.29, 1.82) is 0 Å². The minimum atomic E-state index is -0.0327. The van der Waals surface area contributed by atoms with E-state index >= 15 is 0 Å². The summed E-state index contributed by atoms with van der Waals surface area (Å²) in [5.74, 6) is -0.0327. The fourth-order valence-corrected chi connectivity index (χ4v) is 3.20. The molecule has 1 heterocycles. The molecule has 1 aromatic heterocycles. The van der Waals surface area contributed by atoms with Crippen LogP contribution in [0.1, 0.15) is 10.4 Å². The van der Waals surface area contributed by atoms with Crippen LogP contribution < -0.4 is 5.32 Å². The lowest BCUT2D eigenvalue weighted by Crippen LogP contribution is -2.14. The van der Waals surface area contributed by atoms with Gasteiger partial charge in [-0.2, -0.15) is 0 Å². The highest BCUT2D eigenvalue weighted by Gasteiger charge is 2.08. The monoisotopic (exact) mass is 343 g/mol. The standard InChI is InChI=1S/C13H11BrClNOS/c1-8-10(15)3-2-4-11(8)16-13(17)7-9-5-6-12(14)18-9/h2-6H,7H2,1H3,(H,16,17). The predicted octanol–water partition coefficient (Wildman–Crippen LogP) is 4.65. The molecular weight excluding hydrogens is 334 g/mol. The summed E-state index contributed by atoms with van der Waals surface area (Å²) >= 11 is 10.9. The van der Waals surface area contributed by atoms with Gasteiger partial charge in [-0.15, -0.1) is 11.3 Å². The zero-order valence-corrected chi connectivity index (χ0v) is 12.8. The number of carbonyl (C=O) groups is 1. The largest absolute Gasteiger partial charge is 0.325 e. The molecule has 2 rings (SSSR count). The van der Waals surface area contributed by atoms with Crippen molar-refractivity contribution < 1.29 is 4.79 Å². The molecule has 94 valence electrons. The van der Waals surface area contributed by atoms with Crippen molar-refractivity contribution >= 4 is 50.5 Å². The van der Waals surface area contributed by atoms with Crippen LogP contribution in [0.25, 0.3) is 0 Å². The van der Waals surface area contributed by atoms with Crippen molar-refractivity contribution in [2.45, 2.75) is 13.3 Å². The molecule has 0 aliphatic heterocycles. The van der Waals surface area contributed by atoms with Crippen LogP contribution in [0.2, 0.25) is 5.02 Å². The first-order valence-corrected chi connectivity index (χ1v) is 7.34. The topological polar surface area (TPSA) is 29.1 Å². The minimum absolute atomic E-state index is 0.0327. The molecule has 0 unspecified atom stereocenters. The molecule has 2 nitrogen and oxygen atoms in total. The third-order valence-electron chi connectivity index (χ3n) is 2.51. The number of anilines is 1. The Morgan fingerprint density at radius 2 is 2.17 bits per heavy atom. The van der Waals surface area contributed by atoms with Crippen molar-refractivity contribution in [3.05, 3.63) is 49.6 Å². The lowest BCUT2D eigenvalue weighted by Gasteiger charge is -2.08. The molecule has 2 aromatic rings. The Bertz CT molecular complexity index is 582. The summed E-state index contributed by atoms with van der Waals surface area (Å²) in [7, 11) is 0. The van der Waals surface area contributed by atoms with Crippen molar-refractivity contribution in [2.24, 2.45) is 0 Å². The highest BCUT2D eigenvalue weighted by Crippen LogP contribution is 2.25. The zero-order chi connectivity index (χ0) is 13.1. The molecule has 0 atom stereocenters. The number of benzene rings is 1. The molecule has 0 bridgehead atoms. The van der Waals surface area contributed by atoms with E-state index in [-0.39, 0.29) is 5.91 Å². The van der Waals surface area contributed by atoms with E-state index in [1.54, 1.807) is 11.3 Å². The first-order chi connectivity index (χ1) is 8.56. The van der Waals surface area contributed by atoms with Crippen molar-refractivity contribution in [1.82, 2.24) is 0 Å². The van der Waals surface area contributed by atoms with Crippen LogP contribution in [0.5, 0.6) is 0 Å². The maximum atomic E-state index is 11.9. The van der Waals surface area contributed by atoms with Gasteiger partial charge in [0.05, 0.1) is 10.2 Å². The van der Waals surface area contributed by atoms with E-state index in [1.807, 2.05) is 37.3 Å². The fraction of sp³-hybridized carbons (Fsp3) is 0.154. The van der Waals surface area contributed by atoms with Gasteiger partial charge < -0.3 is 5.32 Å². The number of amides is 1. The summed E-state index contributed by atoms with van der Waals surface area (Å²) in [5, 5.41) is 3.54. The number of hydrogen-bond acceptors (Lipinski definition) is 2. The molecule has 1 N–H and O–H groups in total. The lowest BCUT2D eigenvalue weighted by molar-refractivity contribution is -0.115. The predicted molar refractivity (Wildman–Crippen MR) is 80.5 cm³/mol. The van der Waals surface area contributed by atoms with Gasteiger partial charge in [0.1, 0.15) is 0 Å². The fourth-order valence-electron chi connectivity index (χ4n) is 1.54. The van der Waals surface area contributed by atoms with Crippen molar-refractivity contribution in [2.75, 3.05) is 5.32 Å². The molecule has 0 saturated carbocycles. The Kier molecular flexibility index (Phi) is 4.43. The van der Waals surface area contributed by atoms with Gasteiger partial charge in [0, 0.05) is 15.6 Å². The van der Waals surface area contributed by atoms with Crippen molar-refractivity contribution in [3.8, 4) is 0 Å². The van der Waals surface area contributed by atoms with Gasteiger partial charge in [0.2, 0.25) is 5.91 Å². The third kappa shape index (κ3) is 3.34. The summed E-state index contributed by atoms with van der Waals surface area (Å²) in [6.45, 7) is 1.89. The molecule has 5 heteroatoms. The Hall–Kier alpha value is -0.840. The van der Waals surface area contributed by atoms with Crippen LogP contribution in [0.15, 0.2) is 34.1 Å². The molecule has 1 amide bonds. The van der Waals surface area contributed by atoms with Gasteiger partial charge in [-0.1, -0.05) is 17.7 Å². The van der Waals surface area contributed by atoms with Crippen LogP contribution in [-0.4, -0.2) is 5.91 Å². The lowest BCUT2D eigenvalue weighted by atomic mass is 10.2. The van der Waals surface area contributed by atoms with E-state index in [9.17, 15) is 4.79 Å². The smallest absolute Gasteiger partial charge is 0.229 e. The molecule has 0 spiro atoms. The van der Waals surface area contributed by atoms with Gasteiger partial charge in [-0.05, 0) is 52.7 Å². The highest BCUT2D eigenvalue weighted by atomic mass is 79.9. The highest BCUT2D eigenvalue weighted by molar-refractivity contribution is 9.11. The normalized spacial score (nSPS) is 10.4. The van der Waals surface area contributed by atoms with E-state index in [4.69, 9.17) is 11.6 Å². The Balaban J connectivity index is 2.05. The average molecular weight is 345 g/mol.